The van der Waals surface area contributed by atoms with Gasteiger partial charge in [0.15, 0.2) is 0 Å². The maximum absolute atomic E-state index is 12.8. The van der Waals surface area contributed by atoms with E-state index in [4.69, 9.17) is 4.74 Å². The van der Waals surface area contributed by atoms with Crippen molar-refractivity contribution in [1.82, 2.24) is 4.72 Å². The second-order valence-corrected chi connectivity index (χ2v) is 8.99. The Labute approximate surface area is 165 Å². The molecule has 1 atom stereocenters. The van der Waals surface area contributed by atoms with Gasteiger partial charge in [0.25, 0.3) is 0 Å². The fourth-order valence-electron chi connectivity index (χ4n) is 2.54. The van der Waals surface area contributed by atoms with Crippen LogP contribution in [0.25, 0.3) is 0 Å². The summed E-state index contributed by atoms with van der Waals surface area (Å²) in [5.74, 6) is 0.0715. The SMILES string of the molecule is CSCC[C@@H](NS(=O)(=O)c1cc(C)ccc1C)C(=O)OCc1ccccc1. The number of benzene rings is 2. The number of rotatable bonds is 9. The monoisotopic (exact) mass is 407 g/mol. The first-order chi connectivity index (χ1) is 12.8. The van der Waals surface area contributed by atoms with Crippen molar-refractivity contribution < 1.29 is 17.9 Å². The Kier molecular flexibility index (Phi) is 7.89. The van der Waals surface area contributed by atoms with Gasteiger partial charge in [-0.1, -0.05) is 42.5 Å². The summed E-state index contributed by atoms with van der Waals surface area (Å²) < 4.78 is 33.5. The maximum atomic E-state index is 12.8. The minimum Gasteiger partial charge on any atom is -0.460 e. The highest BCUT2D eigenvalue weighted by atomic mass is 32.2. The summed E-state index contributed by atoms with van der Waals surface area (Å²) in [7, 11) is -3.83. The van der Waals surface area contributed by atoms with Gasteiger partial charge in [-0.3, -0.25) is 4.79 Å². The Morgan fingerprint density at radius 1 is 1.15 bits per heavy atom. The van der Waals surface area contributed by atoms with Crippen molar-refractivity contribution >= 4 is 27.8 Å². The molecule has 0 unspecified atom stereocenters. The Bertz CT molecular complexity index is 867. The molecule has 0 bridgehead atoms. The van der Waals surface area contributed by atoms with Crippen molar-refractivity contribution in [2.24, 2.45) is 0 Å². The topological polar surface area (TPSA) is 72.5 Å². The Morgan fingerprint density at radius 2 is 1.85 bits per heavy atom. The summed E-state index contributed by atoms with van der Waals surface area (Å²) in [5, 5.41) is 0. The van der Waals surface area contributed by atoms with Crippen LogP contribution in [0.1, 0.15) is 23.1 Å². The minimum absolute atomic E-state index is 0.112. The number of sulfonamides is 1. The molecule has 2 aromatic rings. The molecule has 0 aliphatic heterocycles. The van der Waals surface area contributed by atoms with Crippen molar-refractivity contribution in [2.75, 3.05) is 12.0 Å². The average Bonchev–Trinajstić information content (AvgIpc) is 2.65. The van der Waals surface area contributed by atoms with Crippen molar-refractivity contribution in [3.8, 4) is 0 Å². The summed E-state index contributed by atoms with van der Waals surface area (Å²) in [5.41, 5.74) is 2.33. The predicted octanol–water partition coefficient (Wildman–Crippen LogP) is 3.45. The predicted molar refractivity (Wildman–Crippen MR) is 109 cm³/mol. The molecule has 0 saturated carbocycles. The standard InChI is InChI=1S/C20H25NO4S2/c1-15-9-10-16(2)19(13-15)27(23,24)21-18(11-12-26-3)20(22)25-14-17-7-5-4-6-8-17/h4-10,13,18,21H,11-12,14H2,1-3H3/t18-/m1/s1. The van der Waals surface area contributed by atoms with E-state index in [2.05, 4.69) is 4.72 Å². The Hall–Kier alpha value is -1.83. The molecule has 0 aliphatic rings. The lowest BCUT2D eigenvalue weighted by atomic mass is 10.2. The van der Waals surface area contributed by atoms with Crippen LogP contribution in [0.3, 0.4) is 0 Å². The van der Waals surface area contributed by atoms with E-state index in [1.54, 1.807) is 30.8 Å². The van der Waals surface area contributed by atoms with E-state index in [0.29, 0.717) is 17.7 Å². The summed E-state index contributed by atoms with van der Waals surface area (Å²) in [6, 6.07) is 13.6. The molecule has 27 heavy (non-hydrogen) atoms. The van der Waals surface area contributed by atoms with Crippen LogP contribution in [0.2, 0.25) is 0 Å². The van der Waals surface area contributed by atoms with Crippen LogP contribution < -0.4 is 4.72 Å². The van der Waals surface area contributed by atoms with Crippen LogP contribution in [0.5, 0.6) is 0 Å². The lowest BCUT2D eigenvalue weighted by Crippen LogP contribution is -2.42. The van der Waals surface area contributed by atoms with E-state index >= 15 is 0 Å². The molecule has 0 spiro atoms. The highest BCUT2D eigenvalue weighted by Gasteiger charge is 2.27. The highest BCUT2D eigenvalue weighted by molar-refractivity contribution is 7.98. The van der Waals surface area contributed by atoms with Crippen molar-refractivity contribution in [1.29, 1.82) is 0 Å². The number of esters is 1. The molecular formula is C20H25NO4S2. The molecule has 5 nitrogen and oxygen atoms in total. The summed E-state index contributed by atoms with van der Waals surface area (Å²) in [6.07, 6.45) is 2.27. The molecule has 1 N–H and O–H groups in total. The third-order valence-corrected chi connectivity index (χ3v) is 6.31. The van der Waals surface area contributed by atoms with E-state index in [1.807, 2.05) is 49.6 Å². The molecule has 7 heteroatoms. The van der Waals surface area contributed by atoms with Crippen LogP contribution in [0.4, 0.5) is 0 Å². The average molecular weight is 408 g/mol. The van der Waals surface area contributed by atoms with Gasteiger partial charge < -0.3 is 4.74 Å². The first-order valence-electron chi connectivity index (χ1n) is 8.62. The van der Waals surface area contributed by atoms with Gasteiger partial charge in [0.05, 0.1) is 4.90 Å². The number of hydrogen-bond acceptors (Lipinski definition) is 5. The number of aryl methyl sites for hydroxylation is 2. The first kappa shape index (κ1) is 21.5. The van der Waals surface area contributed by atoms with Crippen LogP contribution in [-0.4, -0.2) is 32.4 Å². The molecule has 0 heterocycles. The Morgan fingerprint density at radius 3 is 2.52 bits per heavy atom. The van der Waals surface area contributed by atoms with E-state index in [0.717, 1.165) is 11.1 Å². The maximum Gasteiger partial charge on any atom is 0.324 e. The van der Waals surface area contributed by atoms with Crippen LogP contribution in [0, 0.1) is 13.8 Å². The molecule has 2 aromatic carbocycles. The summed E-state index contributed by atoms with van der Waals surface area (Å²) in [4.78, 5) is 12.7. The molecule has 146 valence electrons. The van der Waals surface area contributed by atoms with E-state index in [-0.39, 0.29) is 11.5 Å². The van der Waals surface area contributed by atoms with Crippen molar-refractivity contribution in [3.05, 3.63) is 65.2 Å². The van der Waals surface area contributed by atoms with Gasteiger partial charge in [-0.15, -0.1) is 0 Å². The van der Waals surface area contributed by atoms with E-state index in [9.17, 15) is 13.2 Å². The molecule has 0 amide bonds. The molecule has 2 rings (SSSR count). The molecule has 0 radical (unpaired) electrons. The quantitative estimate of drug-likeness (QED) is 0.645. The lowest BCUT2D eigenvalue weighted by Gasteiger charge is -2.18. The van der Waals surface area contributed by atoms with E-state index < -0.39 is 22.0 Å². The largest absolute Gasteiger partial charge is 0.460 e. The summed E-state index contributed by atoms with van der Waals surface area (Å²) >= 11 is 1.55. The van der Waals surface area contributed by atoms with Gasteiger partial charge >= 0.3 is 5.97 Å². The number of carbonyl (C=O) groups excluding carboxylic acids is 1. The number of hydrogen-bond donors (Lipinski definition) is 1. The fourth-order valence-corrected chi connectivity index (χ4v) is 4.56. The van der Waals surface area contributed by atoms with Crippen molar-refractivity contribution in [3.63, 3.8) is 0 Å². The molecule has 0 aromatic heterocycles. The van der Waals surface area contributed by atoms with Gasteiger partial charge in [0.2, 0.25) is 10.0 Å². The molecule has 0 fully saturated rings. The Balaban J connectivity index is 2.14. The normalized spacial score (nSPS) is 12.6. The molecule has 0 aliphatic carbocycles. The van der Waals surface area contributed by atoms with Gasteiger partial charge in [-0.05, 0) is 55.0 Å². The van der Waals surface area contributed by atoms with E-state index in [1.165, 1.54) is 0 Å². The van der Waals surface area contributed by atoms with Gasteiger partial charge in [-0.25, -0.2) is 8.42 Å². The second-order valence-electron chi connectivity index (χ2n) is 6.32. The molecular weight excluding hydrogens is 382 g/mol. The van der Waals surface area contributed by atoms with Crippen LogP contribution in [-0.2, 0) is 26.2 Å². The lowest BCUT2D eigenvalue weighted by molar-refractivity contribution is -0.147. The third kappa shape index (κ3) is 6.37. The minimum atomic E-state index is -3.83. The van der Waals surface area contributed by atoms with Gasteiger partial charge in [0.1, 0.15) is 12.6 Å². The second kappa shape index (κ2) is 9.92. The zero-order valence-electron chi connectivity index (χ0n) is 15.8. The van der Waals surface area contributed by atoms with Crippen LogP contribution >= 0.6 is 11.8 Å². The molecule has 0 saturated heterocycles. The van der Waals surface area contributed by atoms with Crippen LogP contribution in [0.15, 0.2) is 53.4 Å². The smallest absolute Gasteiger partial charge is 0.324 e. The zero-order chi connectivity index (χ0) is 19.9. The number of nitrogens with one attached hydrogen (secondary N) is 1. The van der Waals surface area contributed by atoms with Crippen molar-refractivity contribution in [2.45, 2.75) is 37.8 Å². The van der Waals surface area contributed by atoms with Gasteiger partial charge in [0, 0.05) is 0 Å². The number of thioether (sulfide) groups is 1. The van der Waals surface area contributed by atoms with Gasteiger partial charge in [-0.2, -0.15) is 16.5 Å². The first-order valence-corrected chi connectivity index (χ1v) is 11.5. The zero-order valence-corrected chi connectivity index (χ0v) is 17.4. The number of carbonyl (C=O) groups is 1. The fraction of sp³-hybridized carbons (Fsp3) is 0.350. The highest BCUT2D eigenvalue weighted by Crippen LogP contribution is 2.18. The third-order valence-electron chi connectivity index (χ3n) is 4.05. The summed E-state index contributed by atoms with van der Waals surface area (Å²) in [6.45, 7) is 3.68. The number of ether oxygens (including phenoxy) is 1.